The van der Waals surface area contributed by atoms with Crippen molar-refractivity contribution in [2.75, 3.05) is 5.73 Å². The molecule has 0 amide bonds. The maximum absolute atomic E-state index is 11.0. The Kier molecular flexibility index (Phi) is 32.4. The number of carbonyl (C=O) groups is 5. The zero-order chi connectivity index (χ0) is 54.3. The number of carbonyl (C=O) groups excluding carboxylic acids is 5. The smallest absolute Gasteiger partial charge is 0.280 e. The average Bonchev–Trinajstić information content (AvgIpc) is 4.25. The third-order valence-corrected chi connectivity index (χ3v) is 16.7. The summed E-state index contributed by atoms with van der Waals surface area (Å²) in [5, 5.41) is 35.3. The van der Waals surface area contributed by atoms with Gasteiger partial charge < -0.3 is 16.7 Å². The molecule has 1 unspecified atom stereocenters. The van der Waals surface area contributed by atoms with E-state index in [1.165, 1.54) is 83.9 Å². The van der Waals surface area contributed by atoms with Gasteiger partial charge in [0.2, 0.25) is 0 Å². The molecule has 0 aromatic carbocycles. The number of ketones is 5. The fourth-order valence-corrected chi connectivity index (χ4v) is 11.4. The maximum atomic E-state index is 11.0. The summed E-state index contributed by atoms with van der Waals surface area (Å²) in [6.45, 7) is 21.5. The summed E-state index contributed by atoms with van der Waals surface area (Å²) < 4.78 is 0. The highest BCUT2D eigenvalue weighted by atomic mass is 32.1. The molecule has 0 aliphatic rings. The summed E-state index contributed by atoms with van der Waals surface area (Å²) in [5.74, 6) is 0.857. The minimum absolute atomic E-state index is 0.00296. The SMILES string of the molecule is CC/C(=N/O)c1cc(C)cs1.CCC(=O)c1cc(C)cs1.CCC(=O)c1cc(C)cs1.CCC(=O)c1cc(N)cs1.CCC(=O)c1cc([N+](=O)[O-])cs1.CCC(=O)c1cccs1.CCC(N)c1cc(C)cs1. The number of thiophene rings is 7. The lowest BCUT2D eigenvalue weighted by Crippen LogP contribution is -2.05. The van der Waals surface area contributed by atoms with Gasteiger partial charge in [-0.1, -0.05) is 59.7 Å². The van der Waals surface area contributed by atoms with Crippen molar-refractivity contribution in [2.45, 2.75) is 127 Å². The minimum atomic E-state index is -0.497. The molecular formula is C53H68N4O8S7. The Morgan fingerprint density at radius 3 is 1.24 bits per heavy atom. The Labute approximate surface area is 452 Å². The lowest BCUT2D eigenvalue weighted by Gasteiger charge is -2.03. The number of nitro groups is 1. The molecule has 19 heteroatoms. The monoisotopic (exact) mass is 1110 g/mol. The standard InChI is InChI=1S/C8H11NOS.C8H13NS.2C8H10OS.C7H7NO3S.C7H9NOS.C7H8OS/c1-3-7(9-10)8-4-6(2)5-11-8;3*1-3-7(9)8-4-6(2)5-10-8;1-2-6(9)7-3-5(4-12-7)8(10)11;1-2-6(9)7-3-5(8)4-10-7;1-2-6(8)7-4-3-5-9-7/h4-5,10H,3H2,1-2H3;4-5,7H,3,9H2,1-2H3;2*4-5H,3H2,1-2H3;3-4H,2H2,1H3;3-4H,2,8H2,1H3;3-5H,2H2,1H3/b9-7-;;;;;;. The van der Waals surface area contributed by atoms with E-state index in [2.05, 4.69) is 35.8 Å². The molecule has 5 N–H and O–H groups in total. The Bertz CT molecular complexity index is 2610. The Morgan fingerprint density at radius 1 is 0.542 bits per heavy atom. The van der Waals surface area contributed by atoms with Crippen LogP contribution in [0.5, 0.6) is 0 Å². The van der Waals surface area contributed by atoms with Crippen LogP contribution in [0.1, 0.15) is 180 Å². The van der Waals surface area contributed by atoms with E-state index in [1.54, 1.807) is 41.0 Å². The highest BCUT2D eigenvalue weighted by Gasteiger charge is 2.13. The molecular weight excluding hydrogens is 1050 g/mol. The van der Waals surface area contributed by atoms with Crippen molar-refractivity contribution in [3.05, 3.63) is 153 Å². The number of oxime groups is 1. The Morgan fingerprint density at radius 2 is 0.931 bits per heavy atom. The van der Waals surface area contributed by atoms with Crippen LogP contribution in [0, 0.1) is 37.8 Å². The van der Waals surface area contributed by atoms with Crippen molar-refractivity contribution in [2.24, 2.45) is 10.9 Å². The van der Waals surface area contributed by atoms with Gasteiger partial charge in [0.1, 0.15) is 0 Å². The second kappa shape index (κ2) is 35.9. The number of rotatable bonds is 15. The van der Waals surface area contributed by atoms with Crippen LogP contribution in [-0.2, 0) is 0 Å². The van der Waals surface area contributed by atoms with Gasteiger partial charge >= 0.3 is 0 Å². The van der Waals surface area contributed by atoms with Crippen LogP contribution >= 0.6 is 79.4 Å². The molecule has 7 rings (SSSR count). The highest BCUT2D eigenvalue weighted by Crippen LogP contribution is 2.24. The van der Waals surface area contributed by atoms with Gasteiger partial charge in [-0.15, -0.1) is 79.4 Å². The van der Waals surface area contributed by atoms with E-state index in [1.807, 2.05) is 102 Å². The molecule has 12 nitrogen and oxygen atoms in total. The van der Waals surface area contributed by atoms with Gasteiger partial charge in [0, 0.05) is 60.2 Å². The van der Waals surface area contributed by atoms with E-state index in [0.717, 1.165) is 54.3 Å². The number of nitrogen functional groups attached to an aromatic ring is 1. The van der Waals surface area contributed by atoms with Gasteiger partial charge in [-0.25, -0.2) is 0 Å². The summed E-state index contributed by atoms with van der Waals surface area (Å²) >= 11 is 10.5. The third-order valence-electron chi connectivity index (χ3n) is 9.40. The summed E-state index contributed by atoms with van der Waals surface area (Å²) in [4.78, 5) is 71.0. The average molecular weight is 1110 g/mol. The molecule has 7 heterocycles. The van der Waals surface area contributed by atoms with E-state index in [9.17, 15) is 34.1 Å². The van der Waals surface area contributed by atoms with Gasteiger partial charge in [0.05, 0.1) is 45.3 Å². The minimum Gasteiger partial charge on any atom is -0.411 e. The maximum Gasteiger partial charge on any atom is 0.280 e. The van der Waals surface area contributed by atoms with E-state index < -0.39 is 4.92 Å². The zero-order valence-electron chi connectivity index (χ0n) is 42.9. The first-order chi connectivity index (χ1) is 34.2. The summed E-state index contributed by atoms with van der Waals surface area (Å²) in [6.07, 6.45) is 4.58. The van der Waals surface area contributed by atoms with Crippen molar-refractivity contribution in [1.29, 1.82) is 0 Å². The fraction of sp³-hybridized carbons (Fsp3) is 0.358. The van der Waals surface area contributed by atoms with E-state index in [4.69, 9.17) is 16.7 Å². The summed E-state index contributed by atoms with van der Waals surface area (Å²) in [7, 11) is 0. The van der Waals surface area contributed by atoms with Crippen LogP contribution in [0.25, 0.3) is 0 Å². The van der Waals surface area contributed by atoms with Gasteiger partial charge in [0.15, 0.2) is 28.9 Å². The molecule has 0 aliphatic heterocycles. The topological polar surface area (TPSA) is 213 Å². The Balaban J connectivity index is 0.000000421. The van der Waals surface area contributed by atoms with E-state index in [0.29, 0.717) is 42.7 Å². The largest absolute Gasteiger partial charge is 0.411 e. The second-order valence-corrected chi connectivity index (χ2v) is 21.9. The van der Waals surface area contributed by atoms with Crippen LogP contribution in [0.4, 0.5) is 11.4 Å². The number of anilines is 1. The Hall–Kier alpha value is -5.12. The van der Waals surface area contributed by atoms with Crippen molar-refractivity contribution >= 4 is 125 Å². The van der Waals surface area contributed by atoms with Crippen LogP contribution < -0.4 is 11.5 Å². The van der Waals surface area contributed by atoms with Crippen molar-refractivity contribution in [3.8, 4) is 0 Å². The summed E-state index contributed by atoms with van der Waals surface area (Å²) in [6, 6.07) is 15.1. The van der Waals surface area contributed by atoms with Gasteiger partial charge in [-0.05, 0) is 126 Å². The molecule has 0 fully saturated rings. The molecule has 0 saturated carbocycles. The van der Waals surface area contributed by atoms with Crippen LogP contribution in [0.2, 0.25) is 0 Å². The van der Waals surface area contributed by atoms with E-state index in [-0.39, 0.29) is 40.6 Å². The number of hydrogen-bond donors (Lipinski definition) is 3. The first-order valence-corrected chi connectivity index (χ1v) is 29.3. The van der Waals surface area contributed by atoms with E-state index >= 15 is 0 Å². The van der Waals surface area contributed by atoms with Crippen LogP contribution in [-0.4, -0.2) is 44.8 Å². The number of nitrogens with zero attached hydrogens (tertiary/aromatic N) is 2. The van der Waals surface area contributed by atoms with Gasteiger partial charge in [-0.2, -0.15) is 0 Å². The van der Waals surface area contributed by atoms with Gasteiger partial charge in [-0.3, -0.25) is 34.1 Å². The van der Waals surface area contributed by atoms with Gasteiger partial charge in [0.25, 0.3) is 5.69 Å². The van der Waals surface area contributed by atoms with Crippen molar-refractivity contribution in [3.63, 3.8) is 0 Å². The molecule has 7 aromatic rings. The molecule has 390 valence electrons. The predicted molar refractivity (Wildman–Crippen MR) is 309 cm³/mol. The predicted octanol–water partition coefficient (Wildman–Crippen LogP) is 16.9. The van der Waals surface area contributed by atoms with Crippen LogP contribution in [0.15, 0.2) is 91.3 Å². The molecule has 0 bridgehead atoms. The number of aryl methyl sites for hydroxylation is 4. The fourth-order valence-electron chi connectivity index (χ4n) is 5.25. The first kappa shape index (κ1) is 64.9. The molecule has 0 aliphatic carbocycles. The number of nitrogens with two attached hydrogens (primary N) is 2. The highest BCUT2D eigenvalue weighted by molar-refractivity contribution is 7.14. The number of hydrogen-bond acceptors (Lipinski definition) is 18. The second-order valence-electron chi connectivity index (χ2n) is 15.4. The zero-order valence-corrected chi connectivity index (χ0v) is 48.6. The third kappa shape index (κ3) is 24.5. The summed E-state index contributed by atoms with van der Waals surface area (Å²) in [5.41, 5.74) is 17.6. The van der Waals surface area contributed by atoms with Crippen LogP contribution in [0.3, 0.4) is 0 Å². The lowest BCUT2D eigenvalue weighted by atomic mass is 10.2. The molecule has 0 saturated heterocycles. The molecule has 1 atom stereocenters. The lowest BCUT2D eigenvalue weighted by molar-refractivity contribution is -0.384. The first-order valence-electron chi connectivity index (χ1n) is 23.2. The number of Topliss-reactive ketones (excluding diaryl/α,β-unsaturated/α-hetero) is 5. The normalized spacial score (nSPS) is 10.6. The molecule has 0 spiro atoms. The molecule has 0 radical (unpaired) electrons. The van der Waals surface area contributed by atoms with Crippen molar-refractivity contribution < 1.29 is 34.1 Å². The molecule has 72 heavy (non-hydrogen) atoms. The molecule has 7 aromatic heterocycles. The quantitative estimate of drug-likeness (QED) is 0.0290. The van der Waals surface area contributed by atoms with Crippen molar-refractivity contribution in [1.82, 2.24) is 0 Å².